The van der Waals surface area contributed by atoms with E-state index in [-0.39, 0.29) is 17.6 Å². The molecule has 0 aromatic heterocycles. The van der Waals surface area contributed by atoms with Crippen LogP contribution in [0.1, 0.15) is 24.5 Å². The second-order valence-corrected chi connectivity index (χ2v) is 8.47. The molecule has 0 saturated carbocycles. The number of methoxy groups -OCH3 is 1. The van der Waals surface area contributed by atoms with E-state index < -0.39 is 6.04 Å². The van der Waals surface area contributed by atoms with Crippen LogP contribution in [-0.2, 0) is 21.9 Å². The Morgan fingerprint density at radius 2 is 1.87 bits per heavy atom. The van der Waals surface area contributed by atoms with Gasteiger partial charge >= 0.3 is 0 Å². The van der Waals surface area contributed by atoms with Crippen LogP contribution in [0.2, 0.25) is 10.0 Å². The second kappa shape index (κ2) is 12.1. The quantitative estimate of drug-likeness (QED) is 0.544. The first kappa shape index (κ1) is 24.4. The molecule has 0 unspecified atom stereocenters. The molecule has 0 radical (unpaired) electrons. The van der Waals surface area contributed by atoms with Crippen LogP contribution >= 0.6 is 35.0 Å². The van der Waals surface area contributed by atoms with Crippen molar-refractivity contribution < 1.29 is 14.3 Å². The summed E-state index contributed by atoms with van der Waals surface area (Å²) in [5, 5.41) is 3.81. The monoisotopic (exact) mass is 468 g/mol. The number of nitrogens with zero attached hydrogens (tertiary/aromatic N) is 1. The molecule has 0 fully saturated rings. The number of hydrogen-bond donors (Lipinski definition) is 1. The summed E-state index contributed by atoms with van der Waals surface area (Å²) < 4.78 is 5.19. The van der Waals surface area contributed by atoms with Gasteiger partial charge in [0.2, 0.25) is 11.8 Å². The molecule has 5 nitrogen and oxygen atoms in total. The van der Waals surface area contributed by atoms with Crippen LogP contribution in [-0.4, -0.2) is 42.7 Å². The average Bonchev–Trinajstić information content (AvgIpc) is 2.75. The standard InChI is InChI=1S/C22H26Cl2N2O3S/c1-4-20(22(28)25-2)26(12-15-5-9-18(29-3)10-6-15)21(27)14-30-13-16-7-8-17(23)11-19(16)24/h5-11,20H,4,12-14H2,1-3H3,(H,25,28)/t20-/m1/s1. The second-order valence-electron chi connectivity index (χ2n) is 6.64. The van der Waals surface area contributed by atoms with E-state index in [1.165, 1.54) is 11.8 Å². The highest BCUT2D eigenvalue weighted by Gasteiger charge is 2.27. The van der Waals surface area contributed by atoms with Crippen molar-refractivity contribution in [3.8, 4) is 5.75 Å². The summed E-state index contributed by atoms with van der Waals surface area (Å²) >= 11 is 13.6. The van der Waals surface area contributed by atoms with E-state index in [0.29, 0.717) is 28.8 Å². The maximum absolute atomic E-state index is 13.1. The number of ether oxygens (including phenoxy) is 1. The Hall–Kier alpha value is -1.89. The number of carbonyl (C=O) groups excluding carboxylic acids is 2. The Morgan fingerprint density at radius 1 is 1.17 bits per heavy atom. The molecule has 0 aliphatic carbocycles. The molecule has 8 heteroatoms. The van der Waals surface area contributed by atoms with E-state index in [0.717, 1.165) is 16.9 Å². The first-order valence-corrected chi connectivity index (χ1v) is 11.5. The van der Waals surface area contributed by atoms with Crippen molar-refractivity contribution in [2.24, 2.45) is 0 Å². The molecule has 0 spiro atoms. The van der Waals surface area contributed by atoms with Gasteiger partial charge in [-0.3, -0.25) is 9.59 Å². The minimum atomic E-state index is -0.538. The molecule has 2 aromatic carbocycles. The molecule has 0 bridgehead atoms. The van der Waals surface area contributed by atoms with Gasteiger partial charge < -0.3 is 15.0 Å². The third-order valence-corrected chi connectivity index (χ3v) is 6.20. The number of halogens is 2. The number of carbonyl (C=O) groups is 2. The van der Waals surface area contributed by atoms with Crippen LogP contribution < -0.4 is 10.1 Å². The summed E-state index contributed by atoms with van der Waals surface area (Å²) in [5.41, 5.74) is 1.84. The zero-order valence-corrected chi connectivity index (χ0v) is 19.6. The van der Waals surface area contributed by atoms with Crippen molar-refractivity contribution in [2.45, 2.75) is 31.7 Å². The first-order valence-electron chi connectivity index (χ1n) is 9.55. The van der Waals surface area contributed by atoms with E-state index in [2.05, 4.69) is 5.32 Å². The van der Waals surface area contributed by atoms with Gasteiger partial charge in [0.05, 0.1) is 12.9 Å². The first-order chi connectivity index (χ1) is 14.4. The lowest BCUT2D eigenvalue weighted by Gasteiger charge is -2.30. The van der Waals surface area contributed by atoms with Crippen LogP contribution in [0.3, 0.4) is 0 Å². The van der Waals surface area contributed by atoms with Crippen molar-refractivity contribution in [1.82, 2.24) is 10.2 Å². The van der Waals surface area contributed by atoms with Crippen LogP contribution in [0.15, 0.2) is 42.5 Å². The summed E-state index contributed by atoms with van der Waals surface area (Å²) in [6, 6.07) is 12.3. The molecule has 30 heavy (non-hydrogen) atoms. The van der Waals surface area contributed by atoms with Crippen molar-refractivity contribution in [3.63, 3.8) is 0 Å². The van der Waals surface area contributed by atoms with Gasteiger partial charge in [0.1, 0.15) is 11.8 Å². The Kier molecular flexibility index (Phi) is 9.82. The largest absolute Gasteiger partial charge is 0.497 e. The van der Waals surface area contributed by atoms with E-state index >= 15 is 0 Å². The Balaban J connectivity index is 2.11. The van der Waals surface area contributed by atoms with Crippen LogP contribution in [0.25, 0.3) is 0 Å². The molecule has 0 aliphatic rings. The van der Waals surface area contributed by atoms with E-state index in [1.54, 1.807) is 31.2 Å². The molecule has 1 N–H and O–H groups in total. The highest BCUT2D eigenvalue weighted by molar-refractivity contribution is 7.99. The van der Waals surface area contributed by atoms with Gasteiger partial charge in [0.25, 0.3) is 0 Å². The third-order valence-electron chi connectivity index (χ3n) is 4.64. The molecule has 162 valence electrons. The summed E-state index contributed by atoms with van der Waals surface area (Å²) in [6.07, 6.45) is 0.523. The predicted molar refractivity (Wildman–Crippen MR) is 124 cm³/mol. The Bertz CT molecular complexity index is 862. The van der Waals surface area contributed by atoms with Gasteiger partial charge in [0, 0.05) is 29.4 Å². The number of rotatable bonds is 10. The van der Waals surface area contributed by atoms with Crippen molar-refractivity contribution in [1.29, 1.82) is 0 Å². The predicted octanol–water partition coefficient (Wildman–Crippen LogP) is 4.79. The summed E-state index contributed by atoms with van der Waals surface area (Å²) in [4.78, 5) is 27.1. The minimum absolute atomic E-state index is 0.101. The molecule has 1 atom stereocenters. The highest BCUT2D eigenvalue weighted by Crippen LogP contribution is 2.25. The Morgan fingerprint density at radius 3 is 2.43 bits per heavy atom. The number of likely N-dealkylation sites (N-methyl/N-ethyl adjacent to an activating group) is 1. The number of thioether (sulfide) groups is 1. The number of nitrogens with one attached hydrogen (secondary N) is 1. The smallest absolute Gasteiger partial charge is 0.242 e. The fourth-order valence-electron chi connectivity index (χ4n) is 2.98. The van der Waals surface area contributed by atoms with Crippen LogP contribution in [0.4, 0.5) is 0 Å². The van der Waals surface area contributed by atoms with Crippen molar-refractivity contribution in [3.05, 3.63) is 63.6 Å². The van der Waals surface area contributed by atoms with Gasteiger partial charge in [-0.05, 0) is 41.8 Å². The van der Waals surface area contributed by atoms with Gasteiger partial charge in [-0.25, -0.2) is 0 Å². The number of benzene rings is 2. The number of amides is 2. The van der Waals surface area contributed by atoms with E-state index in [9.17, 15) is 9.59 Å². The average molecular weight is 469 g/mol. The molecule has 2 aromatic rings. The zero-order chi connectivity index (χ0) is 22.1. The van der Waals surface area contributed by atoms with Crippen LogP contribution in [0.5, 0.6) is 5.75 Å². The van der Waals surface area contributed by atoms with Crippen molar-refractivity contribution in [2.75, 3.05) is 19.9 Å². The summed E-state index contributed by atoms with van der Waals surface area (Å²) in [7, 11) is 3.19. The normalized spacial score (nSPS) is 11.6. The number of hydrogen-bond acceptors (Lipinski definition) is 4. The topological polar surface area (TPSA) is 58.6 Å². The van der Waals surface area contributed by atoms with E-state index in [4.69, 9.17) is 27.9 Å². The molecule has 0 saturated heterocycles. The van der Waals surface area contributed by atoms with Gasteiger partial charge in [-0.1, -0.05) is 48.3 Å². The highest BCUT2D eigenvalue weighted by atomic mass is 35.5. The maximum Gasteiger partial charge on any atom is 0.242 e. The summed E-state index contributed by atoms with van der Waals surface area (Å²) in [6.45, 7) is 2.24. The third kappa shape index (κ3) is 6.83. The molecule has 2 rings (SSSR count). The molecular weight excluding hydrogens is 443 g/mol. The fourth-order valence-corrected chi connectivity index (χ4v) is 4.45. The lowest BCUT2D eigenvalue weighted by atomic mass is 10.1. The molecular formula is C22H26Cl2N2O3S. The van der Waals surface area contributed by atoms with Gasteiger partial charge in [-0.2, -0.15) is 0 Å². The molecule has 0 heterocycles. The molecule has 0 aliphatic heterocycles. The maximum atomic E-state index is 13.1. The Labute approximate surface area is 192 Å². The lowest BCUT2D eigenvalue weighted by Crippen LogP contribution is -2.48. The van der Waals surface area contributed by atoms with Gasteiger partial charge in [0.15, 0.2) is 0 Å². The minimum Gasteiger partial charge on any atom is -0.497 e. The van der Waals surface area contributed by atoms with E-state index in [1.807, 2.05) is 37.3 Å². The molecule has 2 amide bonds. The fraction of sp³-hybridized carbons (Fsp3) is 0.364. The zero-order valence-electron chi connectivity index (χ0n) is 17.3. The lowest BCUT2D eigenvalue weighted by molar-refractivity contribution is -0.139. The van der Waals surface area contributed by atoms with Crippen LogP contribution in [0, 0.1) is 0 Å². The SMILES string of the molecule is CC[C@H](C(=O)NC)N(Cc1ccc(OC)cc1)C(=O)CSCc1ccc(Cl)cc1Cl. The van der Waals surface area contributed by atoms with Crippen molar-refractivity contribution >= 4 is 46.8 Å². The summed E-state index contributed by atoms with van der Waals surface area (Å²) in [5.74, 6) is 1.28. The van der Waals surface area contributed by atoms with Gasteiger partial charge in [-0.15, -0.1) is 11.8 Å².